The van der Waals surface area contributed by atoms with Gasteiger partial charge in [-0.05, 0) is 88.4 Å². The summed E-state index contributed by atoms with van der Waals surface area (Å²) in [5.41, 5.74) is 2.03. The van der Waals surface area contributed by atoms with Gasteiger partial charge in [0.1, 0.15) is 29.4 Å². The number of fused-ring (bicyclic) bond motifs is 3. The van der Waals surface area contributed by atoms with Crippen LogP contribution in [0.2, 0.25) is 0 Å². The molecule has 2 aliphatic heterocycles. The molecule has 0 radical (unpaired) electrons. The van der Waals surface area contributed by atoms with Gasteiger partial charge >= 0.3 is 6.01 Å². The van der Waals surface area contributed by atoms with Gasteiger partial charge in [-0.15, -0.1) is 15.7 Å². The zero-order valence-electron chi connectivity index (χ0n) is 26.2. The molecule has 3 aliphatic rings. The van der Waals surface area contributed by atoms with E-state index in [9.17, 15) is 0 Å². The van der Waals surface area contributed by atoms with Gasteiger partial charge in [-0.25, -0.2) is 4.39 Å². The molecule has 7 rings (SSSR count). The average molecular weight is 627 g/mol. The van der Waals surface area contributed by atoms with Gasteiger partial charge in [0.15, 0.2) is 5.82 Å². The van der Waals surface area contributed by atoms with Gasteiger partial charge in [-0.3, -0.25) is 9.88 Å². The van der Waals surface area contributed by atoms with Crippen LogP contribution in [0.5, 0.6) is 11.8 Å². The summed E-state index contributed by atoms with van der Waals surface area (Å²) in [6, 6.07) is 9.51. The molecule has 1 saturated carbocycles. The number of aromatic nitrogens is 3. The molecule has 4 aromatic rings. The minimum absolute atomic E-state index is 0.0241. The summed E-state index contributed by atoms with van der Waals surface area (Å²) in [5.74, 6) is 3.31. The van der Waals surface area contributed by atoms with Crippen molar-refractivity contribution in [3.8, 4) is 35.4 Å². The standard InChI is InChI=1S/C35H40FN6O2P/c1-5-22-9-6-10-23-15-24(43-4)16-26(28(22)23)30-29(36)31-27(18-37-30)32(38-20-34(41(2)3)11-7-12-34)40-33(39-31)44-21-35-13-8-14-42(35)19-25(45)17-35/h1,6,9-10,15-16,18,25H,7-8,11-14,17,19-21,45H2,2-4H3,(H,38,39,40)/t25-,35+/m1/s1. The minimum Gasteiger partial charge on any atom is -0.497 e. The second-order valence-electron chi connectivity index (χ2n) is 13.1. The predicted molar refractivity (Wildman–Crippen MR) is 181 cm³/mol. The molecule has 0 bridgehead atoms. The Labute approximate surface area is 266 Å². The van der Waals surface area contributed by atoms with Crippen LogP contribution in [0, 0.1) is 18.2 Å². The Bertz CT molecular complexity index is 1820. The quantitative estimate of drug-likeness (QED) is 0.187. The fourth-order valence-electron chi connectivity index (χ4n) is 7.63. The van der Waals surface area contributed by atoms with Crippen LogP contribution in [0.3, 0.4) is 0 Å². The van der Waals surface area contributed by atoms with E-state index in [0.717, 1.165) is 56.0 Å². The van der Waals surface area contributed by atoms with Crippen molar-refractivity contribution in [1.82, 2.24) is 24.8 Å². The number of terminal acetylenes is 1. The molecule has 3 atom stereocenters. The molecule has 1 aliphatic carbocycles. The Balaban J connectivity index is 1.34. The van der Waals surface area contributed by atoms with Crippen LogP contribution in [-0.4, -0.2) is 88.9 Å². The molecule has 2 saturated heterocycles. The highest BCUT2D eigenvalue weighted by atomic mass is 31.0. The Morgan fingerprint density at radius 1 is 1.20 bits per heavy atom. The molecule has 234 valence electrons. The summed E-state index contributed by atoms with van der Waals surface area (Å²) in [6.45, 7) is 3.26. The monoisotopic (exact) mass is 626 g/mol. The number of rotatable bonds is 9. The molecule has 2 aromatic carbocycles. The third-order valence-corrected chi connectivity index (χ3v) is 10.8. The first-order chi connectivity index (χ1) is 21.8. The zero-order valence-corrected chi connectivity index (χ0v) is 27.4. The molecule has 4 heterocycles. The molecular formula is C35H40FN6O2P. The average Bonchev–Trinajstić information content (AvgIpc) is 3.54. The number of nitrogens with one attached hydrogen (secondary N) is 1. The van der Waals surface area contributed by atoms with Crippen molar-refractivity contribution in [3.63, 3.8) is 0 Å². The van der Waals surface area contributed by atoms with Crippen LogP contribution in [0.25, 0.3) is 32.9 Å². The molecule has 0 amide bonds. The van der Waals surface area contributed by atoms with Gasteiger partial charge in [0.2, 0.25) is 0 Å². The van der Waals surface area contributed by atoms with Crippen LogP contribution in [0.15, 0.2) is 36.5 Å². The maximum atomic E-state index is 16.9. The first kappa shape index (κ1) is 30.1. The molecule has 3 fully saturated rings. The van der Waals surface area contributed by atoms with E-state index >= 15 is 4.39 Å². The SMILES string of the molecule is C#Cc1cccc2cc(OC)cc(-c3ncc4c(NCC5(N(C)C)CCC5)nc(OC[C@@]56CCCN5C[C@H](P)C6)nc4c3F)c12. The number of benzene rings is 2. The van der Waals surface area contributed by atoms with E-state index < -0.39 is 5.82 Å². The van der Waals surface area contributed by atoms with Crippen LogP contribution >= 0.6 is 9.24 Å². The number of anilines is 1. The van der Waals surface area contributed by atoms with Crippen molar-refractivity contribution in [2.45, 2.75) is 55.3 Å². The van der Waals surface area contributed by atoms with Crippen LogP contribution < -0.4 is 14.8 Å². The summed E-state index contributed by atoms with van der Waals surface area (Å²) >= 11 is 0. The first-order valence-corrected chi connectivity index (χ1v) is 16.4. The van der Waals surface area contributed by atoms with Crippen LogP contribution in [0.1, 0.15) is 44.1 Å². The van der Waals surface area contributed by atoms with Crippen molar-refractivity contribution in [1.29, 1.82) is 0 Å². The van der Waals surface area contributed by atoms with Crippen LogP contribution in [0.4, 0.5) is 10.2 Å². The van der Waals surface area contributed by atoms with E-state index in [1.807, 2.05) is 24.3 Å². The number of ether oxygens (including phenoxy) is 2. The summed E-state index contributed by atoms with van der Waals surface area (Å²) in [4.78, 5) is 19.0. The minimum atomic E-state index is -0.554. The second kappa shape index (κ2) is 11.7. The molecule has 10 heteroatoms. The van der Waals surface area contributed by atoms with E-state index in [2.05, 4.69) is 49.4 Å². The van der Waals surface area contributed by atoms with Crippen molar-refractivity contribution in [2.24, 2.45) is 0 Å². The highest BCUT2D eigenvalue weighted by Crippen LogP contribution is 2.43. The first-order valence-electron chi connectivity index (χ1n) is 15.7. The van der Waals surface area contributed by atoms with Gasteiger partial charge in [-0.2, -0.15) is 9.97 Å². The highest BCUT2D eigenvalue weighted by Gasteiger charge is 2.48. The number of likely N-dealkylation sites (N-methyl/N-ethyl adjacent to an activating group) is 1. The van der Waals surface area contributed by atoms with Crippen molar-refractivity contribution >= 4 is 36.7 Å². The fourth-order valence-corrected chi connectivity index (χ4v) is 8.32. The van der Waals surface area contributed by atoms with Crippen molar-refractivity contribution in [3.05, 3.63) is 47.9 Å². The number of nitrogens with zero attached hydrogens (tertiary/aromatic N) is 5. The molecule has 45 heavy (non-hydrogen) atoms. The molecule has 8 nitrogen and oxygen atoms in total. The number of methoxy groups -OCH3 is 1. The van der Waals surface area contributed by atoms with Crippen molar-refractivity contribution < 1.29 is 13.9 Å². The topological polar surface area (TPSA) is 75.6 Å². The van der Waals surface area contributed by atoms with E-state index in [4.69, 9.17) is 25.9 Å². The Morgan fingerprint density at radius 3 is 2.78 bits per heavy atom. The second-order valence-corrected chi connectivity index (χ2v) is 14.1. The highest BCUT2D eigenvalue weighted by molar-refractivity contribution is 7.17. The summed E-state index contributed by atoms with van der Waals surface area (Å²) in [5, 5.41) is 5.63. The fraction of sp³-hybridized carbons (Fsp3) is 0.457. The largest absolute Gasteiger partial charge is 0.497 e. The smallest absolute Gasteiger partial charge is 0.319 e. The number of pyridine rings is 1. The van der Waals surface area contributed by atoms with E-state index in [1.165, 1.54) is 6.42 Å². The Hall–Kier alpha value is -3.57. The number of halogens is 1. The number of hydrogen-bond acceptors (Lipinski definition) is 8. The lowest BCUT2D eigenvalue weighted by Crippen LogP contribution is -2.54. The van der Waals surface area contributed by atoms with Gasteiger partial charge in [0, 0.05) is 41.3 Å². The van der Waals surface area contributed by atoms with E-state index in [0.29, 0.717) is 46.9 Å². The van der Waals surface area contributed by atoms with Gasteiger partial charge in [-0.1, -0.05) is 18.1 Å². The lowest BCUT2D eigenvalue weighted by atomic mass is 9.75. The van der Waals surface area contributed by atoms with Gasteiger partial charge in [0.25, 0.3) is 0 Å². The third-order valence-electron chi connectivity index (χ3n) is 10.4. The molecule has 0 spiro atoms. The molecule has 1 N–H and O–H groups in total. The van der Waals surface area contributed by atoms with E-state index in [-0.39, 0.29) is 28.3 Å². The lowest BCUT2D eigenvalue weighted by Gasteiger charge is -2.47. The maximum Gasteiger partial charge on any atom is 0.319 e. The van der Waals surface area contributed by atoms with Gasteiger partial charge in [0.05, 0.1) is 18.0 Å². The van der Waals surface area contributed by atoms with Crippen molar-refractivity contribution in [2.75, 3.05) is 52.8 Å². The van der Waals surface area contributed by atoms with Gasteiger partial charge < -0.3 is 19.7 Å². The molecule has 2 aromatic heterocycles. The Morgan fingerprint density at radius 2 is 2.04 bits per heavy atom. The third kappa shape index (κ3) is 5.17. The van der Waals surface area contributed by atoms with E-state index in [1.54, 1.807) is 19.4 Å². The predicted octanol–water partition coefficient (Wildman–Crippen LogP) is 5.73. The number of hydrogen-bond donors (Lipinski definition) is 1. The lowest BCUT2D eigenvalue weighted by molar-refractivity contribution is 0.0738. The summed E-state index contributed by atoms with van der Waals surface area (Å²) < 4.78 is 28.8. The summed E-state index contributed by atoms with van der Waals surface area (Å²) in [6.07, 6.45) is 14.2. The zero-order chi connectivity index (χ0) is 31.3. The molecule has 1 unspecified atom stereocenters. The Kier molecular flexibility index (Phi) is 7.80. The maximum absolute atomic E-state index is 16.9. The summed E-state index contributed by atoms with van der Waals surface area (Å²) in [7, 11) is 8.78. The molecular weight excluding hydrogens is 586 g/mol. The van der Waals surface area contributed by atoms with Crippen LogP contribution in [-0.2, 0) is 0 Å². The normalized spacial score (nSPS) is 22.4.